The van der Waals surface area contributed by atoms with Gasteiger partial charge in [0.1, 0.15) is 12.3 Å². The van der Waals surface area contributed by atoms with Crippen molar-refractivity contribution in [2.75, 3.05) is 20.2 Å². The first-order valence-electron chi connectivity index (χ1n) is 6.75. The number of nitrogens with zero attached hydrogens (tertiary/aromatic N) is 1. The van der Waals surface area contributed by atoms with Crippen molar-refractivity contribution in [1.29, 1.82) is 0 Å². The summed E-state index contributed by atoms with van der Waals surface area (Å²) in [4.78, 5) is 24.2. The van der Waals surface area contributed by atoms with Crippen LogP contribution in [0.15, 0.2) is 30.3 Å². The predicted octanol–water partition coefficient (Wildman–Crippen LogP) is 2.28. The van der Waals surface area contributed by atoms with E-state index in [1.54, 1.807) is 19.3 Å². The minimum atomic E-state index is -1.02. The van der Waals surface area contributed by atoms with Gasteiger partial charge in [-0.1, -0.05) is 26.0 Å². The lowest BCUT2D eigenvalue weighted by molar-refractivity contribution is -0.143. The second-order valence-corrected chi connectivity index (χ2v) is 5.12. The van der Waals surface area contributed by atoms with Crippen molar-refractivity contribution in [1.82, 2.24) is 4.90 Å². The molecule has 0 aromatic heterocycles. The maximum absolute atomic E-state index is 12.1. The topological polar surface area (TPSA) is 66.8 Å². The van der Waals surface area contributed by atoms with Gasteiger partial charge in [-0.25, -0.2) is 0 Å². The number of carboxylic acid groups (broad SMARTS) is 1. The second kappa shape index (κ2) is 8.09. The number of hydrogen-bond acceptors (Lipinski definition) is 3. The van der Waals surface area contributed by atoms with Gasteiger partial charge >= 0.3 is 5.97 Å². The van der Waals surface area contributed by atoms with E-state index in [-0.39, 0.29) is 18.4 Å². The van der Waals surface area contributed by atoms with Gasteiger partial charge in [-0.3, -0.25) is 9.59 Å². The zero-order valence-corrected chi connectivity index (χ0v) is 12.6. The standard InChI is InChI=1S/C16H21NO4/c1-12(2)10-17(11-16(19)20)15(18)8-7-13-5-4-6-14(9-13)21-3/h4-9,12H,10-11H2,1-3H3,(H,19,20). The Balaban J connectivity index is 2.79. The summed E-state index contributed by atoms with van der Waals surface area (Å²) in [6.07, 6.45) is 3.04. The fraction of sp³-hybridized carbons (Fsp3) is 0.375. The van der Waals surface area contributed by atoms with Crippen LogP contribution in [0.4, 0.5) is 0 Å². The van der Waals surface area contributed by atoms with Gasteiger partial charge in [0, 0.05) is 12.6 Å². The summed E-state index contributed by atoms with van der Waals surface area (Å²) in [7, 11) is 1.57. The molecule has 1 rings (SSSR count). The van der Waals surface area contributed by atoms with Gasteiger partial charge in [-0.2, -0.15) is 0 Å². The summed E-state index contributed by atoms with van der Waals surface area (Å²) >= 11 is 0. The van der Waals surface area contributed by atoms with Crippen LogP contribution in [0.3, 0.4) is 0 Å². The van der Waals surface area contributed by atoms with Crippen LogP contribution in [-0.4, -0.2) is 42.1 Å². The number of carboxylic acids is 1. The number of aliphatic carboxylic acids is 1. The summed E-state index contributed by atoms with van der Waals surface area (Å²) < 4.78 is 5.11. The van der Waals surface area contributed by atoms with Crippen LogP contribution < -0.4 is 4.74 Å². The lowest BCUT2D eigenvalue weighted by Crippen LogP contribution is -2.37. The molecule has 0 radical (unpaired) electrons. The maximum atomic E-state index is 12.1. The number of rotatable bonds is 7. The maximum Gasteiger partial charge on any atom is 0.323 e. The molecular weight excluding hydrogens is 270 g/mol. The average Bonchev–Trinajstić information content (AvgIpc) is 2.43. The zero-order valence-electron chi connectivity index (χ0n) is 12.6. The van der Waals surface area contributed by atoms with E-state index in [1.165, 1.54) is 11.0 Å². The monoisotopic (exact) mass is 291 g/mol. The molecule has 1 aromatic carbocycles. The quantitative estimate of drug-likeness (QED) is 0.783. The average molecular weight is 291 g/mol. The summed E-state index contributed by atoms with van der Waals surface area (Å²) in [5.74, 6) is -0.416. The van der Waals surface area contributed by atoms with Crippen molar-refractivity contribution in [3.05, 3.63) is 35.9 Å². The predicted molar refractivity (Wildman–Crippen MR) is 81.1 cm³/mol. The molecule has 0 bridgehead atoms. The summed E-state index contributed by atoms with van der Waals surface area (Å²) in [5, 5.41) is 8.86. The highest BCUT2D eigenvalue weighted by molar-refractivity contribution is 5.93. The number of ether oxygens (including phenoxy) is 1. The number of methoxy groups -OCH3 is 1. The number of carbonyl (C=O) groups excluding carboxylic acids is 1. The van der Waals surface area contributed by atoms with Gasteiger partial charge in [0.15, 0.2) is 0 Å². The third kappa shape index (κ3) is 6.12. The van der Waals surface area contributed by atoms with E-state index in [4.69, 9.17) is 9.84 Å². The fourth-order valence-electron chi connectivity index (χ4n) is 1.85. The summed E-state index contributed by atoms with van der Waals surface area (Å²) in [5.41, 5.74) is 0.822. The second-order valence-electron chi connectivity index (χ2n) is 5.12. The normalized spacial score (nSPS) is 10.9. The molecule has 5 nitrogen and oxygen atoms in total. The van der Waals surface area contributed by atoms with E-state index in [0.717, 1.165) is 5.56 Å². The van der Waals surface area contributed by atoms with Gasteiger partial charge in [-0.05, 0) is 29.7 Å². The molecule has 0 saturated carbocycles. The van der Waals surface area contributed by atoms with Crippen molar-refractivity contribution in [3.63, 3.8) is 0 Å². The Bertz CT molecular complexity index is 523. The Morgan fingerprint density at radius 2 is 2.10 bits per heavy atom. The molecule has 1 amide bonds. The Morgan fingerprint density at radius 1 is 1.38 bits per heavy atom. The van der Waals surface area contributed by atoms with Crippen LogP contribution in [-0.2, 0) is 9.59 Å². The molecule has 0 spiro atoms. The molecule has 0 aliphatic carbocycles. The highest BCUT2D eigenvalue weighted by atomic mass is 16.5. The van der Waals surface area contributed by atoms with Gasteiger partial charge < -0.3 is 14.7 Å². The van der Waals surface area contributed by atoms with E-state index in [0.29, 0.717) is 12.3 Å². The molecule has 5 heteroatoms. The van der Waals surface area contributed by atoms with E-state index in [2.05, 4.69) is 0 Å². The van der Waals surface area contributed by atoms with E-state index >= 15 is 0 Å². The number of carbonyl (C=O) groups is 2. The van der Waals surface area contributed by atoms with Crippen molar-refractivity contribution < 1.29 is 19.4 Å². The van der Waals surface area contributed by atoms with Crippen molar-refractivity contribution in [3.8, 4) is 5.75 Å². The first-order chi connectivity index (χ1) is 9.92. The molecule has 0 atom stereocenters. The van der Waals surface area contributed by atoms with Crippen LogP contribution in [0.2, 0.25) is 0 Å². The first kappa shape index (κ1) is 16.8. The molecule has 1 aromatic rings. The molecule has 0 saturated heterocycles. The molecule has 0 aliphatic heterocycles. The zero-order chi connectivity index (χ0) is 15.8. The highest BCUT2D eigenvalue weighted by Crippen LogP contribution is 2.13. The molecule has 1 N–H and O–H groups in total. The van der Waals surface area contributed by atoms with Crippen LogP contribution >= 0.6 is 0 Å². The largest absolute Gasteiger partial charge is 0.497 e. The third-order valence-corrected chi connectivity index (χ3v) is 2.74. The Kier molecular flexibility index (Phi) is 6.46. The van der Waals surface area contributed by atoms with Crippen LogP contribution in [0.25, 0.3) is 6.08 Å². The first-order valence-corrected chi connectivity index (χ1v) is 6.75. The lowest BCUT2D eigenvalue weighted by atomic mass is 10.2. The Labute approximate surface area is 124 Å². The van der Waals surface area contributed by atoms with E-state index in [9.17, 15) is 9.59 Å². The molecular formula is C16H21NO4. The number of hydrogen-bond donors (Lipinski definition) is 1. The van der Waals surface area contributed by atoms with Gasteiger partial charge in [0.2, 0.25) is 5.91 Å². The van der Waals surface area contributed by atoms with Crippen molar-refractivity contribution in [2.24, 2.45) is 5.92 Å². The number of amides is 1. The Hall–Kier alpha value is -2.30. The summed E-state index contributed by atoms with van der Waals surface area (Å²) in [6, 6.07) is 7.28. The lowest BCUT2D eigenvalue weighted by Gasteiger charge is -2.21. The van der Waals surface area contributed by atoms with Crippen molar-refractivity contribution >= 4 is 18.0 Å². The molecule has 0 unspecified atom stereocenters. The minimum Gasteiger partial charge on any atom is -0.497 e. The third-order valence-electron chi connectivity index (χ3n) is 2.74. The molecule has 0 heterocycles. The van der Waals surface area contributed by atoms with Gasteiger partial charge in [0.05, 0.1) is 7.11 Å². The van der Waals surface area contributed by atoms with Gasteiger partial charge in [-0.15, -0.1) is 0 Å². The highest BCUT2D eigenvalue weighted by Gasteiger charge is 2.15. The van der Waals surface area contributed by atoms with Gasteiger partial charge in [0.25, 0.3) is 0 Å². The van der Waals surface area contributed by atoms with Crippen LogP contribution in [0, 0.1) is 5.92 Å². The number of benzene rings is 1. The van der Waals surface area contributed by atoms with Crippen LogP contribution in [0.1, 0.15) is 19.4 Å². The minimum absolute atomic E-state index is 0.207. The van der Waals surface area contributed by atoms with E-state index in [1.807, 2.05) is 32.0 Å². The summed E-state index contributed by atoms with van der Waals surface area (Å²) in [6.45, 7) is 3.99. The van der Waals surface area contributed by atoms with Crippen LogP contribution in [0.5, 0.6) is 5.75 Å². The van der Waals surface area contributed by atoms with Crippen molar-refractivity contribution in [2.45, 2.75) is 13.8 Å². The van der Waals surface area contributed by atoms with E-state index < -0.39 is 5.97 Å². The Morgan fingerprint density at radius 3 is 2.67 bits per heavy atom. The molecule has 0 fully saturated rings. The SMILES string of the molecule is COc1cccc(C=CC(=O)N(CC(=O)O)CC(C)C)c1. The smallest absolute Gasteiger partial charge is 0.323 e. The molecule has 114 valence electrons. The fourth-order valence-corrected chi connectivity index (χ4v) is 1.85. The molecule has 0 aliphatic rings. The molecule has 21 heavy (non-hydrogen) atoms.